The Bertz CT molecular complexity index is 431. The highest BCUT2D eigenvalue weighted by Gasteiger charge is 2.40. The third-order valence-corrected chi connectivity index (χ3v) is 4.17. The van der Waals surface area contributed by atoms with Crippen molar-refractivity contribution in [1.82, 2.24) is 9.78 Å². The van der Waals surface area contributed by atoms with Crippen molar-refractivity contribution in [2.24, 2.45) is 12.5 Å². The van der Waals surface area contributed by atoms with E-state index in [0.29, 0.717) is 6.42 Å². The Morgan fingerprint density at radius 2 is 2.11 bits per heavy atom. The standard InChI is InChI=1S/C14H22N2O2/c1-3-11-9-12(16(2)15-11)10-14(13(17)18)7-5-4-6-8-14/h9H,3-8,10H2,1-2H3,(H,17,18). The Morgan fingerprint density at radius 3 is 2.61 bits per heavy atom. The molecule has 1 saturated carbocycles. The predicted octanol–water partition coefficient (Wildman–Crippen LogP) is 2.56. The second kappa shape index (κ2) is 5.12. The van der Waals surface area contributed by atoms with Gasteiger partial charge in [-0.2, -0.15) is 5.10 Å². The molecule has 1 aliphatic rings. The molecule has 0 unspecified atom stereocenters. The first kappa shape index (κ1) is 13.1. The van der Waals surface area contributed by atoms with Crippen LogP contribution in [0.15, 0.2) is 6.07 Å². The Morgan fingerprint density at radius 1 is 1.44 bits per heavy atom. The topological polar surface area (TPSA) is 55.1 Å². The van der Waals surface area contributed by atoms with Crippen LogP contribution < -0.4 is 0 Å². The van der Waals surface area contributed by atoms with Gasteiger partial charge in [0, 0.05) is 19.2 Å². The molecule has 4 heteroatoms. The first-order valence-electron chi connectivity index (χ1n) is 6.82. The number of rotatable bonds is 4. The predicted molar refractivity (Wildman–Crippen MR) is 69.4 cm³/mol. The number of nitrogens with zero attached hydrogens (tertiary/aromatic N) is 2. The third-order valence-electron chi connectivity index (χ3n) is 4.17. The Balaban J connectivity index is 2.22. The van der Waals surface area contributed by atoms with E-state index >= 15 is 0 Å². The number of aliphatic carboxylic acids is 1. The average Bonchev–Trinajstić information content (AvgIpc) is 2.71. The van der Waals surface area contributed by atoms with Crippen LogP contribution in [0, 0.1) is 5.41 Å². The monoisotopic (exact) mass is 250 g/mol. The van der Waals surface area contributed by atoms with Crippen molar-refractivity contribution >= 4 is 5.97 Å². The van der Waals surface area contributed by atoms with E-state index < -0.39 is 11.4 Å². The van der Waals surface area contributed by atoms with E-state index in [1.54, 1.807) is 0 Å². The number of aryl methyl sites for hydroxylation is 2. The van der Waals surface area contributed by atoms with Gasteiger partial charge in [-0.15, -0.1) is 0 Å². The molecule has 1 N–H and O–H groups in total. The molecule has 4 nitrogen and oxygen atoms in total. The van der Waals surface area contributed by atoms with E-state index in [0.717, 1.165) is 43.5 Å². The fraction of sp³-hybridized carbons (Fsp3) is 0.714. The summed E-state index contributed by atoms with van der Waals surface area (Å²) in [5.41, 5.74) is 1.54. The zero-order valence-electron chi connectivity index (χ0n) is 11.3. The smallest absolute Gasteiger partial charge is 0.310 e. The van der Waals surface area contributed by atoms with Crippen LogP contribution in [0.1, 0.15) is 50.4 Å². The van der Waals surface area contributed by atoms with Gasteiger partial charge in [0.25, 0.3) is 0 Å². The minimum absolute atomic E-state index is 0.558. The third kappa shape index (κ3) is 2.42. The molecule has 0 spiro atoms. The summed E-state index contributed by atoms with van der Waals surface area (Å²) in [6.45, 7) is 2.07. The quantitative estimate of drug-likeness (QED) is 0.893. The maximum atomic E-state index is 11.6. The fourth-order valence-corrected chi connectivity index (χ4v) is 2.95. The van der Waals surface area contributed by atoms with Crippen molar-refractivity contribution < 1.29 is 9.90 Å². The minimum Gasteiger partial charge on any atom is -0.481 e. The minimum atomic E-state index is -0.638. The van der Waals surface area contributed by atoms with Gasteiger partial charge in [-0.3, -0.25) is 9.48 Å². The summed E-state index contributed by atoms with van der Waals surface area (Å²) in [7, 11) is 1.91. The highest BCUT2D eigenvalue weighted by atomic mass is 16.4. The van der Waals surface area contributed by atoms with Crippen LogP contribution in [0.5, 0.6) is 0 Å². The van der Waals surface area contributed by atoms with Gasteiger partial charge in [0.05, 0.1) is 11.1 Å². The first-order chi connectivity index (χ1) is 8.57. The highest BCUT2D eigenvalue weighted by molar-refractivity contribution is 5.75. The molecule has 0 bridgehead atoms. The molecule has 0 atom stereocenters. The SMILES string of the molecule is CCc1cc(CC2(C(=O)O)CCCCC2)n(C)n1. The number of hydrogen-bond donors (Lipinski definition) is 1. The van der Waals surface area contributed by atoms with Gasteiger partial charge >= 0.3 is 5.97 Å². The second-order valence-electron chi connectivity index (χ2n) is 5.43. The van der Waals surface area contributed by atoms with Crippen molar-refractivity contribution in [1.29, 1.82) is 0 Å². The van der Waals surface area contributed by atoms with Crippen molar-refractivity contribution in [3.8, 4) is 0 Å². The largest absolute Gasteiger partial charge is 0.481 e. The molecular weight excluding hydrogens is 228 g/mol. The molecule has 1 aliphatic carbocycles. The van der Waals surface area contributed by atoms with Gasteiger partial charge in [0.1, 0.15) is 0 Å². The van der Waals surface area contributed by atoms with Gasteiger partial charge in [-0.05, 0) is 25.3 Å². The molecular formula is C14H22N2O2. The molecule has 18 heavy (non-hydrogen) atoms. The van der Waals surface area contributed by atoms with E-state index in [4.69, 9.17) is 0 Å². The molecule has 0 aromatic carbocycles. The summed E-state index contributed by atoms with van der Waals surface area (Å²) in [5.74, 6) is -0.638. The average molecular weight is 250 g/mol. The van der Waals surface area contributed by atoms with E-state index in [2.05, 4.69) is 18.1 Å². The molecule has 1 aromatic rings. The van der Waals surface area contributed by atoms with Crippen LogP contribution in [-0.4, -0.2) is 20.9 Å². The number of aromatic nitrogens is 2. The van der Waals surface area contributed by atoms with E-state index in [-0.39, 0.29) is 0 Å². The van der Waals surface area contributed by atoms with Crippen molar-refractivity contribution in [2.45, 2.75) is 51.9 Å². The lowest BCUT2D eigenvalue weighted by atomic mass is 9.71. The number of carboxylic acids is 1. The van der Waals surface area contributed by atoms with Crippen molar-refractivity contribution in [2.75, 3.05) is 0 Å². The van der Waals surface area contributed by atoms with E-state index in [1.165, 1.54) is 6.42 Å². The number of hydrogen-bond acceptors (Lipinski definition) is 2. The van der Waals surface area contributed by atoms with Gasteiger partial charge < -0.3 is 5.11 Å². The number of carboxylic acid groups (broad SMARTS) is 1. The van der Waals surface area contributed by atoms with Crippen LogP contribution in [0.2, 0.25) is 0 Å². The zero-order valence-corrected chi connectivity index (χ0v) is 11.3. The van der Waals surface area contributed by atoms with Gasteiger partial charge in [0.15, 0.2) is 0 Å². The van der Waals surface area contributed by atoms with Gasteiger partial charge in [-0.25, -0.2) is 0 Å². The number of carbonyl (C=O) groups is 1. The van der Waals surface area contributed by atoms with Crippen LogP contribution in [-0.2, 0) is 24.7 Å². The Labute approximate surface area is 108 Å². The lowest BCUT2D eigenvalue weighted by Crippen LogP contribution is -2.36. The summed E-state index contributed by atoms with van der Waals surface area (Å²) in [5, 5.41) is 14.0. The van der Waals surface area contributed by atoms with Crippen LogP contribution >= 0.6 is 0 Å². The van der Waals surface area contributed by atoms with Gasteiger partial charge in [0.2, 0.25) is 0 Å². The summed E-state index contributed by atoms with van der Waals surface area (Å²) in [6, 6.07) is 2.05. The lowest BCUT2D eigenvalue weighted by molar-refractivity contribution is -0.151. The zero-order chi connectivity index (χ0) is 13.2. The molecule has 1 fully saturated rings. The van der Waals surface area contributed by atoms with Crippen LogP contribution in [0.25, 0.3) is 0 Å². The van der Waals surface area contributed by atoms with Crippen LogP contribution in [0.3, 0.4) is 0 Å². The van der Waals surface area contributed by atoms with Crippen molar-refractivity contribution in [3.63, 3.8) is 0 Å². The van der Waals surface area contributed by atoms with Crippen molar-refractivity contribution in [3.05, 3.63) is 17.5 Å². The normalized spacial score (nSPS) is 18.8. The first-order valence-corrected chi connectivity index (χ1v) is 6.82. The summed E-state index contributed by atoms with van der Waals surface area (Å²) in [4.78, 5) is 11.6. The molecule has 1 heterocycles. The van der Waals surface area contributed by atoms with Crippen LogP contribution in [0.4, 0.5) is 0 Å². The summed E-state index contributed by atoms with van der Waals surface area (Å²) < 4.78 is 1.85. The molecule has 1 aromatic heterocycles. The summed E-state index contributed by atoms with van der Waals surface area (Å²) in [6.07, 6.45) is 6.35. The lowest BCUT2D eigenvalue weighted by Gasteiger charge is -2.33. The molecule has 0 amide bonds. The Hall–Kier alpha value is -1.32. The second-order valence-corrected chi connectivity index (χ2v) is 5.43. The Kier molecular flexibility index (Phi) is 3.73. The fourth-order valence-electron chi connectivity index (χ4n) is 2.95. The molecule has 0 saturated heterocycles. The molecule has 0 aliphatic heterocycles. The molecule has 100 valence electrons. The van der Waals surface area contributed by atoms with E-state index in [1.807, 2.05) is 11.7 Å². The van der Waals surface area contributed by atoms with E-state index in [9.17, 15) is 9.90 Å². The molecule has 0 radical (unpaired) electrons. The molecule has 2 rings (SSSR count). The highest BCUT2D eigenvalue weighted by Crippen LogP contribution is 2.39. The maximum absolute atomic E-state index is 11.6. The summed E-state index contributed by atoms with van der Waals surface area (Å²) >= 11 is 0. The van der Waals surface area contributed by atoms with Gasteiger partial charge in [-0.1, -0.05) is 26.2 Å². The maximum Gasteiger partial charge on any atom is 0.310 e.